The summed E-state index contributed by atoms with van der Waals surface area (Å²) in [6.07, 6.45) is 5.28. The zero-order valence-corrected chi connectivity index (χ0v) is 13.8. The predicted molar refractivity (Wildman–Crippen MR) is 92.3 cm³/mol. The predicted octanol–water partition coefficient (Wildman–Crippen LogP) is 2.10. The first-order valence-electron chi connectivity index (χ1n) is 8.39. The van der Waals surface area contributed by atoms with Crippen molar-refractivity contribution in [1.29, 1.82) is 0 Å². The summed E-state index contributed by atoms with van der Waals surface area (Å²) in [6, 6.07) is 6.12. The maximum Gasteiger partial charge on any atom is 0.168 e. The Bertz CT molecular complexity index is 1080. The molecular weight excluding hydrogens is 335 g/mol. The molecule has 0 aliphatic carbocycles. The van der Waals surface area contributed by atoms with Crippen LogP contribution in [0.4, 0.5) is 10.2 Å². The molecule has 1 N–H and O–H groups in total. The van der Waals surface area contributed by atoms with Crippen LogP contribution in [0.15, 0.2) is 36.8 Å². The van der Waals surface area contributed by atoms with Crippen molar-refractivity contribution in [1.82, 2.24) is 34.5 Å². The van der Waals surface area contributed by atoms with Crippen LogP contribution in [-0.2, 0) is 19.5 Å². The minimum Gasteiger partial charge on any atom is -0.362 e. The van der Waals surface area contributed by atoms with Gasteiger partial charge in [0.15, 0.2) is 11.5 Å². The number of anilines is 1. The van der Waals surface area contributed by atoms with Gasteiger partial charge in [-0.2, -0.15) is 5.10 Å². The molecule has 9 heteroatoms. The molecule has 130 valence electrons. The van der Waals surface area contributed by atoms with Crippen LogP contribution < -0.4 is 5.32 Å². The van der Waals surface area contributed by atoms with Crippen LogP contribution >= 0.6 is 0 Å². The highest BCUT2D eigenvalue weighted by Gasteiger charge is 2.18. The van der Waals surface area contributed by atoms with E-state index in [0.717, 1.165) is 42.1 Å². The van der Waals surface area contributed by atoms with E-state index in [4.69, 9.17) is 0 Å². The second-order valence-corrected chi connectivity index (χ2v) is 6.13. The van der Waals surface area contributed by atoms with E-state index < -0.39 is 0 Å². The lowest BCUT2D eigenvalue weighted by Gasteiger charge is -2.07. The van der Waals surface area contributed by atoms with Crippen LogP contribution in [0.25, 0.3) is 16.7 Å². The molecule has 8 nitrogen and oxygen atoms in total. The molecule has 0 fully saturated rings. The highest BCUT2D eigenvalue weighted by molar-refractivity contribution is 5.87. The number of aromatic nitrogens is 7. The Morgan fingerprint density at radius 1 is 1.12 bits per heavy atom. The van der Waals surface area contributed by atoms with E-state index in [-0.39, 0.29) is 5.82 Å². The first-order valence-corrected chi connectivity index (χ1v) is 8.39. The van der Waals surface area contributed by atoms with E-state index in [2.05, 4.69) is 35.1 Å². The molecule has 4 aromatic rings. The highest BCUT2D eigenvalue weighted by atomic mass is 19.1. The SMILES string of the molecule is Fc1ccc(-n2ncc3c(NCc4nnc5n4CCC5)ncnc32)cc1. The number of nitrogens with one attached hydrogen (secondary N) is 1. The van der Waals surface area contributed by atoms with E-state index in [1.54, 1.807) is 23.0 Å². The molecule has 1 aromatic carbocycles. The van der Waals surface area contributed by atoms with Gasteiger partial charge in [-0.15, -0.1) is 10.2 Å². The first kappa shape index (κ1) is 14.9. The van der Waals surface area contributed by atoms with Gasteiger partial charge in [0.25, 0.3) is 0 Å². The summed E-state index contributed by atoms with van der Waals surface area (Å²) in [6.45, 7) is 1.49. The Hall–Kier alpha value is -3.36. The Kier molecular flexibility index (Phi) is 3.37. The first-order chi connectivity index (χ1) is 12.8. The Morgan fingerprint density at radius 3 is 2.88 bits per heavy atom. The Balaban J connectivity index is 1.46. The van der Waals surface area contributed by atoms with E-state index in [1.807, 2.05) is 0 Å². The highest BCUT2D eigenvalue weighted by Crippen LogP contribution is 2.22. The van der Waals surface area contributed by atoms with Gasteiger partial charge < -0.3 is 9.88 Å². The molecule has 0 unspecified atom stereocenters. The fourth-order valence-corrected chi connectivity index (χ4v) is 3.26. The summed E-state index contributed by atoms with van der Waals surface area (Å²) in [4.78, 5) is 8.65. The smallest absolute Gasteiger partial charge is 0.168 e. The molecule has 0 amide bonds. The van der Waals surface area contributed by atoms with E-state index in [9.17, 15) is 4.39 Å². The van der Waals surface area contributed by atoms with Crippen molar-refractivity contribution in [3.05, 3.63) is 54.3 Å². The fourth-order valence-electron chi connectivity index (χ4n) is 3.26. The van der Waals surface area contributed by atoms with Gasteiger partial charge in [-0.1, -0.05) is 0 Å². The zero-order chi connectivity index (χ0) is 17.5. The molecule has 5 rings (SSSR count). The van der Waals surface area contributed by atoms with Crippen LogP contribution in [0, 0.1) is 5.82 Å². The molecule has 0 radical (unpaired) electrons. The van der Waals surface area contributed by atoms with Gasteiger partial charge in [-0.3, -0.25) is 0 Å². The molecule has 0 bridgehead atoms. The summed E-state index contributed by atoms with van der Waals surface area (Å²) in [5, 5.41) is 16.9. The third-order valence-electron chi connectivity index (χ3n) is 4.54. The molecule has 1 aliphatic heterocycles. The summed E-state index contributed by atoms with van der Waals surface area (Å²) in [7, 11) is 0. The summed E-state index contributed by atoms with van der Waals surface area (Å²) in [5.41, 5.74) is 1.39. The molecule has 3 aromatic heterocycles. The molecule has 1 aliphatic rings. The fraction of sp³-hybridized carbons (Fsp3) is 0.235. The van der Waals surface area contributed by atoms with Gasteiger partial charge in [0.2, 0.25) is 0 Å². The molecule has 26 heavy (non-hydrogen) atoms. The van der Waals surface area contributed by atoms with Gasteiger partial charge in [0.05, 0.1) is 23.8 Å². The minimum atomic E-state index is -0.289. The molecule has 0 spiro atoms. The number of hydrogen-bond donors (Lipinski definition) is 1. The number of fused-ring (bicyclic) bond motifs is 2. The largest absolute Gasteiger partial charge is 0.362 e. The minimum absolute atomic E-state index is 0.289. The lowest BCUT2D eigenvalue weighted by atomic mass is 10.3. The van der Waals surface area contributed by atoms with Crippen molar-refractivity contribution in [2.24, 2.45) is 0 Å². The third kappa shape index (κ3) is 2.40. The van der Waals surface area contributed by atoms with Crippen LogP contribution in [0.2, 0.25) is 0 Å². The van der Waals surface area contributed by atoms with Crippen molar-refractivity contribution in [2.45, 2.75) is 25.9 Å². The van der Waals surface area contributed by atoms with Crippen molar-refractivity contribution in [3.8, 4) is 5.69 Å². The van der Waals surface area contributed by atoms with Gasteiger partial charge in [0.1, 0.15) is 23.8 Å². The second-order valence-electron chi connectivity index (χ2n) is 6.13. The number of halogens is 1. The third-order valence-corrected chi connectivity index (χ3v) is 4.54. The van der Waals surface area contributed by atoms with Crippen molar-refractivity contribution in [3.63, 3.8) is 0 Å². The van der Waals surface area contributed by atoms with Gasteiger partial charge >= 0.3 is 0 Å². The van der Waals surface area contributed by atoms with E-state index in [1.165, 1.54) is 18.5 Å². The van der Waals surface area contributed by atoms with Crippen LogP contribution in [0.1, 0.15) is 18.1 Å². The normalized spacial score (nSPS) is 13.3. The van der Waals surface area contributed by atoms with Crippen LogP contribution in [0.3, 0.4) is 0 Å². The van der Waals surface area contributed by atoms with E-state index in [0.29, 0.717) is 18.0 Å². The number of aryl methyl sites for hydroxylation is 1. The molecule has 0 saturated carbocycles. The summed E-state index contributed by atoms with van der Waals surface area (Å²) in [5.74, 6) is 2.33. The van der Waals surface area contributed by atoms with Crippen LogP contribution in [0.5, 0.6) is 0 Å². The zero-order valence-electron chi connectivity index (χ0n) is 13.8. The average Bonchev–Trinajstić information content (AvgIpc) is 3.37. The van der Waals surface area contributed by atoms with Crippen molar-refractivity contribution >= 4 is 16.9 Å². The van der Waals surface area contributed by atoms with Crippen molar-refractivity contribution < 1.29 is 4.39 Å². The lowest BCUT2D eigenvalue weighted by molar-refractivity contribution is 0.627. The standard InChI is InChI=1S/C17H15FN8/c18-11-3-5-12(6-4-11)26-17-13(8-22-26)16(20-10-21-17)19-9-15-24-23-14-2-1-7-25(14)15/h3-6,8,10H,1-2,7,9H2,(H,19,20,21). The maximum absolute atomic E-state index is 13.2. The molecule has 0 saturated heterocycles. The average molecular weight is 350 g/mol. The molecule has 4 heterocycles. The number of rotatable bonds is 4. The van der Waals surface area contributed by atoms with Crippen LogP contribution in [-0.4, -0.2) is 34.5 Å². The van der Waals surface area contributed by atoms with Gasteiger partial charge in [0, 0.05) is 13.0 Å². The Morgan fingerprint density at radius 2 is 2.00 bits per heavy atom. The van der Waals surface area contributed by atoms with Gasteiger partial charge in [-0.25, -0.2) is 19.0 Å². The van der Waals surface area contributed by atoms with E-state index >= 15 is 0 Å². The van der Waals surface area contributed by atoms with Gasteiger partial charge in [-0.05, 0) is 30.7 Å². The summed E-state index contributed by atoms with van der Waals surface area (Å²) < 4.78 is 17.0. The molecular formula is C17H15FN8. The Labute approximate surface area is 147 Å². The second kappa shape index (κ2) is 5.87. The molecule has 0 atom stereocenters. The lowest BCUT2D eigenvalue weighted by Crippen LogP contribution is -2.09. The maximum atomic E-state index is 13.2. The topological polar surface area (TPSA) is 86.3 Å². The quantitative estimate of drug-likeness (QED) is 0.607. The summed E-state index contributed by atoms with van der Waals surface area (Å²) >= 11 is 0. The number of benzene rings is 1. The monoisotopic (exact) mass is 350 g/mol. The number of hydrogen-bond acceptors (Lipinski definition) is 6. The van der Waals surface area contributed by atoms with Crippen molar-refractivity contribution in [2.75, 3.05) is 5.32 Å². The number of nitrogens with zero attached hydrogens (tertiary/aromatic N) is 7.